The molecule has 2 aromatic carbocycles. The number of imidazole rings is 1. The van der Waals surface area contributed by atoms with Crippen molar-refractivity contribution in [3.63, 3.8) is 0 Å². The monoisotopic (exact) mass is 479 g/mol. The average molecular weight is 480 g/mol. The molecule has 182 valence electrons. The number of benzene rings is 2. The van der Waals surface area contributed by atoms with Gasteiger partial charge in [0, 0.05) is 63.6 Å². The van der Waals surface area contributed by atoms with E-state index in [0.29, 0.717) is 43.1 Å². The first-order chi connectivity index (χ1) is 17.7. The zero-order valence-electron chi connectivity index (χ0n) is 20.4. The first kappa shape index (κ1) is 23.5. The van der Waals surface area contributed by atoms with Crippen LogP contribution in [0.4, 0.5) is 5.82 Å². The zero-order chi connectivity index (χ0) is 24.9. The third kappa shape index (κ3) is 4.92. The van der Waals surface area contributed by atoms with Crippen LogP contribution in [0.2, 0.25) is 0 Å². The van der Waals surface area contributed by atoms with Crippen LogP contribution in [0, 0.1) is 11.3 Å². The summed E-state index contributed by atoms with van der Waals surface area (Å²) >= 11 is 0. The van der Waals surface area contributed by atoms with Gasteiger partial charge in [-0.05, 0) is 30.0 Å². The lowest BCUT2D eigenvalue weighted by atomic mass is 10.0. The van der Waals surface area contributed by atoms with E-state index in [9.17, 15) is 4.79 Å². The molecule has 3 heterocycles. The number of pyridine rings is 1. The molecule has 0 unspecified atom stereocenters. The molecule has 8 heteroatoms. The summed E-state index contributed by atoms with van der Waals surface area (Å²) in [6.07, 6.45) is 5.58. The normalized spacial score (nSPS) is 14.1. The summed E-state index contributed by atoms with van der Waals surface area (Å²) in [5.41, 5.74) is 3.58. The third-order valence-electron chi connectivity index (χ3n) is 6.64. The lowest BCUT2D eigenvalue weighted by molar-refractivity contribution is 0.0628. The van der Waals surface area contributed by atoms with E-state index < -0.39 is 0 Å². The first-order valence-electron chi connectivity index (χ1n) is 12.3. The average Bonchev–Trinajstić information content (AvgIpc) is 3.35. The van der Waals surface area contributed by atoms with E-state index in [1.165, 1.54) is 0 Å². The molecule has 1 N–H and O–H groups in total. The highest BCUT2D eigenvalue weighted by Crippen LogP contribution is 2.26. The molecule has 1 aliphatic rings. The molecule has 1 fully saturated rings. The standard InChI is InChI=1S/C28H29N7O/c1-2-31-27-26(25-6-4-3-5-23(25)16-32-27)28(36)34-13-11-33(12-14-34)19-24-17-30-20-35(24)18-22-9-7-21(15-29)8-10-22/h3-10,16-17,20H,2,11-14,18-19H2,1H3,(H,31,32). The van der Waals surface area contributed by atoms with Crippen LogP contribution >= 0.6 is 0 Å². The molecule has 0 aliphatic carbocycles. The van der Waals surface area contributed by atoms with Gasteiger partial charge in [0.05, 0.1) is 29.2 Å². The molecule has 0 saturated carbocycles. The summed E-state index contributed by atoms with van der Waals surface area (Å²) in [6.45, 7) is 7.11. The minimum Gasteiger partial charge on any atom is -0.370 e. The quantitative estimate of drug-likeness (QED) is 0.434. The Morgan fingerprint density at radius 3 is 2.56 bits per heavy atom. The molecule has 2 aromatic heterocycles. The van der Waals surface area contributed by atoms with E-state index in [1.54, 1.807) is 0 Å². The number of hydrogen-bond donors (Lipinski definition) is 1. The second-order valence-corrected chi connectivity index (χ2v) is 8.99. The molecule has 0 atom stereocenters. The van der Waals surface area contributed by atoms with Gasteiger partial charge in [0.15, 0.2) is 0 Å². The van der Waals surface area contributed by atoms with Crippen molar-refractivity contribution in [1.82, 2.24) is 24.3 Å². The highest BCUT2D eigenvalue weighted by molar-refractivity contribution is 6.10. The molecule has 4 aromatic rings. The highest BCUT2D eigenvalue weighted by atomic mass is 16.2. The zero-order valence-corrected chi connectivity index (χ0v) is 20.4. The number of hydrogen-bond acceptors (Lipinski definition) is 6. The summed E-state index contributed by atoms with van der Waals surface area (Å²) in [7, 11) is 0. The number of nitriles is 1. The predicted molar refractivity (Wildman–Crippen MR) is 140 cm³/mol. The Morgan fingerprint density at radius 1 is 1.03 bits per heavy atom. The molecule has 1 saturated heterocycles. The molecule has 8 nitrogen and oxygen atoms in total. The number of rotatable bonds is 7. The van der Waals surface area contributed by atoms with Gasteiger partial charge < -0.3 is 14.8 Å². The Hall–Kier alpha value is -4.22. The van der Waals surface area contributed by atoms with Crippen LogP contribution in [0.5, 0.6) is 0 Å². The number of carbonyl (C=O) groups is 1. The van der Waals surface area contributed by atoms with Crippen molar-refractivity contribution in [1.29, 1.82) is 5.26 Å². The van der Waals surface area contributed by atoms with Crippen LogP contribution in [0.25, 0.3) is 10.8 Å². The van der Waals surface area contributed by atoms with Gasteiger partial charge in [-0.15, -0.1) is 0 Å². The van der Waals surface area contributed by atoms with Gasteiger partial charge in [-0.1, -0.05) is 36.4 Å². The van der Waals surface area contributed by atoms with Crippen LogP contribution in [-0.2, 0) is 13.1 Å². The van der Waals surface area contributed by atoms with Crippen molar-refractivity contribution in [2.45, 2.75) is 20.0 Å². The summed E-state index contributed by atoms with van der Waals surface area (Å²) < 4.78 is 2.14. The summed E-state index contributed by atoms with van der Waals surface area (Å²) in [5.74, 6) is 0.677. The maximum Gasteiger partial charge on any atom is 0.258 e. The number of fused-ring (bicyclic) bond motifs is 1. The fraction of sp³-hybridized carbons (Fsp3) is 0.286. The van der Waals surface area contributed by atoms with Crippen molar-refractivity contribution in [3.8, 4) is 6.07 Å². The van der Waals surface area contributed by atoms with Crippen LogP contribution in [0.15, 0.2) is 67.3 Å². The maximum atomic E-state index is 13.6. The molecule has 36 heavy (non-hydrogen) atoms. The Kier molecular flexibility index (Phi) is 6.92. The SMILES string of the molecule is CCNc1ncc2ccccc2c1C(=O)N1CCN(Cc2cncn2Cc2ccc(C#N)cc2)CC1. The third-order valence-corrected chi connectivity index (χ3v) is 6.64. The second-order valence-electron chi connectivity index (χ2n) is 8.99. The minimum absolute atomic E-state index is 0.0285. The molecule has 1 amide bonds. The fourth-order valence-electron chi connectivity index (χ4n) is 4.68. The van der Waals surface area contributed by atoms with Crippen LogP contribution in [-0.4, -0.2) is 63.0 Å². The number of amides is 1. The van der Waals surface area contributed by atoms with E-state index in [2.05, 4.69) is 30.8 Å². The molecule has 0 bridgehead atoms. The Balaban J connectivity index is 1.25. The number of nitrogens with zero attached hydrogens (tertiary/aromatic N) is 6. The van der Waals surface area contributed by atoms with Crippen LogP contribution in [0.3, 0.4) is 0 Å². The lowest BCUT2D eigenvalue weighted by Crippen LogP contribution is -2.48. The Morgan fingerprint density at radius 2 is 1.81 bits per heavy atom. The van der Waals surface area contributed by atoms with Gasteiger partial charge in [0.2, 0.25) is 0 Å². The second kappa shape index (κ2) is 10.6. The first-order valence-corrected chi connectivity index (χ1v) is 12.3. The molecular formula is C28H29N7O. The number of anilines is 1. The van der Waals surface area contributed by atoms with Crippen molar-refractivity contribution < 1.29 is 4.79 Å². The van der Waals surface area contributed by atoms with Gasteiger partial charge in [0.25, 0.3) is 5.91 Å². The topological polar surface area (TPSA) is 90.1 Å². The van der Waals surface area contributed by atoms with Gasteiger partial charge in [-0.25, -0.2) is 9.97 Å². The lowest BCUT2D eigenvalue weighted by Gasteiger charge is -2.35. The molecule has 0 radical (unpaired) electrons. The smallest absolute Gasteiger partial charge is 0.258 e. The number of nitrogens with one attached hydrogen (secondary N) is 1. The molecule has 5 rings (SSSR count). The Labute approximate surface area is 210 Å². The van der Waals surface area contributed by atoms with E-state index in [-0.39, 0.29) is 5.91 Å². The van der Waals surface area contributed by atoms with Gasteiger partial charge >= 0.3 is 0 Å². The van der Waals surface area contributed by atoms with E-state index in [4.69, 9.17) is 5.26 Å². The Bertz CT molecular complexity index is 1400. The van der Waals surface area contributed by atoms with Gasteiger partial charge in [0.1, 0.15) is 5.82 Å². The summed E-state index contributed by atoms with van der Waals surface area (Å²) in [5, 5.41) is 14.2. The van der Waals surface area contributed by atoms with Crippen LogP contribution in [0.1, 0.15) is 34.1 Å². The van der Waals surface area contributed by atoms with Crippen molar-refractivity contribution in [2.75, 3.05) is 38.0 Å². The van der Waals surface area contributed by atoms with Crippen LogP contribution < -0.4 is 5.32 Å². The van der Waals surface area contributed by atoms with Crippen molar-refractivity contribution in [3.05, 3.63) is 89.6 Å². The minimum atomic E-state index is 0.0285. The fourth-order valence-corrected chi connectivity index (χ4v) is 4.68. The molecular weight excluding hydrogens is 450 g/mol. The number of piperazine rings is 1. The van der Waals surface area contributed by atoms with E-state index >= 15 is 0 Å². The van der Waals surface area contributed by atoms with Gasteiger partial charge in [-0.2, -0.15) is 5.26 Å². The summed E-state index contributed by atoms with van der Waals surface area (Å²) in [4.78, 5) is 26.8. The molecule has 1 aliphatic heterocycles. The van der Waals surface area contributed by atoms with Gasteiger partial charge in [-0.3, -0.25) is 9.69 Å². The largest absolute Gasteiger partial charge is 0.370 e. The van der Waals surface area contributed by atoms with Crippen molar-refractivity contribution in [2.24, 2.45) is 0 Å². The highest BCUT2D eigenvalue weighted by Gasteiger charge is 2.26. The summed E-state index contributed by atoms with van der Waals surface area (Å²) in [6, 6.07) is 17.7. The predicted octanol–water partition coefficient (Wildman–Crippen LogP) is 3.74. The van der Waals surface area contributed by atoms with E-state index in [1.807, 2.05) is 79.1 Å². The van der Waals surface area contributed by atoms with Crippen molar-refractivity contribution >= 4 is 22.5 Å². The number of aromatic nitrogens is 3. The van der Waals surface area contributed by atoms with E-state index in [0.717, 1.165) is 41.7 Å². The molecule has 0 spiro atoms. The maximum absolute atomic E-state index is 13.6. The number of carbonyl (C=O) groups excluding carboxylic acids is 1.